The van der Waals surface area contributed by atoms with Crippen molar-refractivity contribution in [3.05, 3.63) is 42.1 Å². The van der Waals surface area contributed by atoms with Crippen LogP contribution < -0.4 is 15.0 Å². The van der Waals surface area contributed by atoms with Gasteiger partial charge in [-0.1, -0.05) is 37.8 Å². The minimum atomic E-state index is 0. The van der Waals surface area contributed by atoms with Crippen LogP contribution in [0.3, 0.4) is 0 Å². The summed E-state index contributed by atoms with van der Waals surface area (Å²) >= 11 is 0. The number of ether oxygens (including phenoxy) is 2. The van der Waals surface area contributed by atoms with Crippen molar-refractivity contribution < 1.29 is 15.7 Å². The van der Waals surface area contributed by atoms with E-state index in [9.17, 15) is 4.79 Å². The zero-order valence-electron chi connectivity index (χ0n) is 19.1. The molecule has 1 amide bonds. The molecule has 2 heterocycles. The smallest absolute Gasteiger partial charge is 0.226 e. The molecule has 1 aromatic heterocycles. The molecule has 6 heteroatoms. The van der Waals surface area contributed by atoms with E-state index in [-0.39, 0.29) is 7.33 Å². The standard InChI is InChI=1S/C26H35N3O3.H2/c1-2-32-23-10-7-21(8-11-23)24-12-9-22(28-26(24)29-15-17-31-18-16-29)19-25(30)27-14-13-20-5-3-4-6-20;/h7-12,20H,2-6,13-19H2,1H3,(H,27,30);1H. The Bertz CT molecular complexity index is 879. The molecule has 2 aromatic rings. The molecule has 2 aliphatic rings. The third kappa shape index (κ3) is 6.00. The maximum atomic E-state index is 12.5. The summed E-state index contributed by atoms with van der Waals surface area (Å²) in [6, 6.07) is 12.2. The molecule has 1 saturated carbocycles. The third-order valence-corrected chi connectivity index (χ3v) is 6.41. The Morgan fingerprint density at radius 1 is 1.16 bits per heavy atom. The molecule has 174 valence electrons. The molecule has 4 rings (SSSR count). The number of nitrogens with zero attached hydrogens (tertiary/aromatic N) is 2. The van der Waals surface area contributed by atoms with E-state index in [0.717, 1.165) is 60.4 Å². The first-order valence-electron chi connectivity index (χ1n) is 12.1. The van der Waals surface area contributed by atoms with Gasteiger partial charge in [-0.25, -0.2) is 4.98 Å². The summed E-state index contributed by atoms with van der Waals surface area (Å²) in [6.45, 7) is 6.38. The lowest BCUT2D eigenvalue weighted by molar-refractivity contribution is -0.120. The van der Waals surface area contributed by atoms with Gasteiger partial charge in [-0.05, 0) is 49.1 Å². The summed E-state index contributed by atoms with van der Waals surface area (Å²) < 4.78 is 11.1. The van der Waals surface area contributed by atoms with Gasteiger partial charge in [0, 0.05) is 26.6 Å². The highest BCUT2D eigenvalue weighted by molar-refractivity contribution is 5.80. The molecule has 0 radical (unpaired) electrons. The number of amides is 1. The van der Waals surface area contributed by atoms with Crippen molar-refractivity contribution in [3.63, 3.8) is 0 Å². The average Bonchev–Trinajstić information content (AvgIpc) is 3.34. The number of benzene rings is 1. The van der Waals surface area contributed by atoms with E-state index in [1.165, 1.54) is 25.7 Å². The number of morpholine rings is 1. The minimum Gasteiger partial charge on any atom is -0.494 e. The maximum absolute atomic E-state index is 12.5. The molecule has 32 heavy (non-hydrogen) atoms. The number of rotatable bonds is 9. The summed E-state index contributed by atoms with van der Waals surface area (Å²) in [5.41, 5.74) is 2.97. The first-order valence-corrected chi connectivity index (χ1v) is 12.1. The summed E-state index contributed by atoms with van der Waals surface area (Å²) in [6.07, 6.45) is 6.71. The van der Waals surface area contributed by atoms with Crippen LogP contribution in [-0.2, 0) is 16.0 Å². The van der Waals surface area contributed by atoms with Crippen LogP contribution in [0.4, 0.5) is 5.82 Å². The SMILES string of the molecule is CCOc1ccc(-c2ccc(CC(=O)NCCC3CCCC3)nc2N2CCOCC2)cc1.[HH]. The van der Waals surface area contributed by atoms with Crippen LogP contribution in [-0.4, -0.2) is 50.3 Å². The minimum absolute atomic E-state index is 0. The van der Waals surface area contributed by atoms with Gasteiger partial charge >= 0.3 is 0 Å². The number of hydrogen-bond acceptors (Lipinski definition) is 5. The lowest BCUT2D eigenvalue weighted by Crippen LogP contribution is -2.37. The zero-order chi connectivity index (χ0) is 22.2. The maximum Gasteiger partial charge on any atom is 0.226 e. The Morgan fingerprint density at radius 3 is 2.62 bits per heavy atom. The van der Waals surface area contributed by atoms with Gasteiger partial charge < -0.3 is 19.7 Å². The van der Waals surface area contributed by atoms with Crippen LogP contribution in [0.25, 0.3) is 11.1 Å². The van der Waals surface area contributed by atoms with E-state index in [1.54, 1.807) is 0 Å². The summed E-state index contributed by atoms with van der Waals surface area (Å²) in [5.74, 6) is 2.63. The van der Waals surface area contributed by atoms with Crippen LogP contribution in [0.5, 0.6) is 5.75 Å². The Hall–Kier alpha value is -2.60. The fourth-order valence-electron chi connectivity index (χ4n) is 4.67. The number of nitrogens with one attached hydrogen (secondary N) is 1. The van der Waals surface area contributed by atoms with Crippen molar-refractivity contribution in [2.24, 2.45) is 5.92 Å². The molecular weight excluding hydrogens is 402 g/mol. The fraction of sp³-hybridized carbons (Fsp3) is 0.538. The van der Waals surface area contributed by atoms with Crippen LogP contribution >= 0.6 is 0 Å². The van der Waals surface area contributed by atoms with Gasteiger partial charge in [0.05, 0.1) is 31.9 Å². The van der Waals surface area contributed by atoms with Crippen molar-refractivity contribution >= 4 is 11.7 Å². The number of pyridine rings is 1. The van der Waals surface area contributed by atoms with Gasteiger partial charge in [0.15, 0.2) is 0 Å². The first-order chi connectivity index (χ1) is 15.7. The number of anilines is 1. The lowest BCUT2D eigenvalue weighted by atomic mass is 10.0. The van der Waals surface area contributed by atoms with Gasteiger partial charge in [-0.15, -0.1) is 0 Å². The van der Waals surface area contributed by atoms with Crippen molar-refractivity contribution in [1.29, 1.82) is 0 Å². The molecule has 1 aromatic carbocycles. The molecule has 1 saturated heterocycles. The number of carbonyl (C=O) groups is 1. The van der Waals surface area contributed by atoms with E-state index >= 15 is 0 Å². The molecule has 0 spiro atoms. The van der Waals surface area contributed by atoms with Crippen molar-refractivity contribution in [2.45, 2.75) is 45.4 Å². The molecule has 0 atom stereocenters. The van der Waals surface area contributed by atoms with Crippen LogP contribution in [0.1, 0.15) is 46.1 Å². The van der Waals surface area contributed by atoms with Gasteiger partial charge in [-0.3, -0.25) is 4.79 Å². The van der Waals surface area contributed by atoms with Crippen LogP contribution in [0.2, 0.25) is 0 Å². The summed E-state index contributed by atoms with van der Waals surface area (Å²) in [4.78, 5) is 19.7. The number of hydrogen-bond donors (Lipinski definition) is 1. The predicted octanol–water partition coefficient (Wildman–Crippen LogP) is 4.47. The normalized spacial score (nSPS) is 16.8. The monoisotopic (exact) mass is 439 g/mol. The zero-order valence-corrected chi connectivity index (χ0v) is 19.1. The first kappa shape index (κ1) is 22.6. The van der Waals surface area contributed by atoms with E-state index in [4.69, 9.17) is 14.5 Å². The van der Waals surface area contributed by atoms with Crippen LogP contribution in [0.15, 0.2) is 36.4 Å². The van der Waals surface area contributed by atoms with Gasteiger partial charge in [0.2, 0.25) is 5.91 Å². The molecule has 6 nitrogen and oxygen atoms in total. The third-order valence-electron chi connectivity index (χ3n) is 6.41. The van der Waals surface area contributed by atoms with Crippen molar-refractivity contribution in [2.75, 3.05) is 44.4 Å². The molecule has 0 bridgehead atoms. The highest BCUT2D eigenvalue weighted by Gasteiger charge is 2.19. The highest BCUT2D eigenvalue weighted by Crippen LogP contribution is 2.31. The van der Waals surface area contributed by atoms with Gasteiger partial charge in [-0.2, -0.15) is 0 Å². The Kier molecular flexibility index (Phi) is 7.99. The van der Waals surface area contributed by atoms with E-state index < -0.39 is 0 Å². The second-order valence-corrected chi connectivity index (χ2v) is 8.70. The molecule has 1 aliphatic carbocycles. The molecule has 1 N–H and O–H groups in total. The fourth-order valence-corrected chi connectivity index (χ4v) is 4.67. The second kappa shape index (κ2) is 11.3. The Morgan fingerprint density at radius 2 is 1.91 bits per heavy atom. The lowest BCUT2D eigenvalue weighted by Gasteiger charge is -2.30. The van der Waals surface area contributed by atoms with Crippen LogP contribution in [0, 0.1) is 5.92 Å². The van der Waals surface area contributed by atoms with Crippen molar-refractivity contribution in [3.8, 4) is 16.9 Å². The molecule has 0 unspecified atom stereocenters. The van der Waals surface area contributed by atoms with E-state index in [0.29, 0.717) is 26.2 Å². The molecule has 2 fully saturated rings. The predicted molar refractivity (Wildman–Crippen MR) is 129 cm³/mol. The Balaban J connectivity index is 0.00000306. The number of carbonyl (C=O) groups excluding carboxylic acids is 1. The molecule has 1 aliphatic heterocycles. The summed E-state index contributed by atoms with van der Waals surface area (Å²) in [7, 11) is 0. The van der Waals surface area contributed by atoms with Gasteiger partial charge in [0.1, 0.15) is 11.6 Å². The van der Waals surface area contributed by atoms with Crippen molar-refractivity contribution in [1.82, 2.24) is 10.3 Å². The average molecular weight is 440 g/mol. The van der Waals surface area contributed by atoms with E-state index in [1.807, 2.05) is 25.1 Å². The highest BCUT2D eigenvalue weighted by atomic mass is 16.5. The van der Waals surface area contributed by atoms with Gasteiger partial charge in [0.25, 0.3) is 0 Å². The summed E-state index contributed by atoms with van der Waals surface area (Å²) in [5, 5.41) is 3.10. The quantitative estimate of drug-likeness (QED) is 0.625. The largest absolute Gasteiger partial charge is 0.494 e. The second-order valence-electron chi connectivity index (χ2n) is 8.70. The number of aromatic nitrogens is 1. The van der Waals surface area contributed by atoms with E-state index in [2.05, 4.69) is 28.4 Å². The topological polar surface area (TPSA) is 63.7 Å². The Labute approximate surface area is 192 Å². The molecular formula is C26H37N3O3.